The molecule has 0 bridgehead atoms. The number of anilines is 1. The van der Waals surface area contributed by atoms with Gasteiger partial charge in [0, 0.05) is 42.9 Å². The molecule has 1 fully saturated rings. The van der Waals surface area contributed by atoms with Gasteiger partial charge in [-0.1, -0.05) is 6.92 Å². The first-order chi connectivity index (χ1) is 14.7. The molecule has 164 valence electrons. The molecule has 4 rings (SSSR count). The van der Waals surface area contributed by atoms with E-state index in [1.54, 1.807) is 6.07 Å². The lowest BCUT2D eigenvalue weighted by atomic mass is 9.81. The van der Waals surface area contributed by atoms with Crippen molar-refractivity contribution in [2.75, 3.05) is 17.8 Å². The summed E-state index contributed by atoms with van der Waals surface area (Å²) < 4.78 is 43.1. The summed E-state index contributed by atoms with van der Waals surface area (Å²) in [5.41, 5.74) is 2.46. The van der Waals surface area contributed by atoms with Gasteiger partial charge in [-0.05, 0) is 66.3 Å². The van der Waals surface area contributed by atoms with Gasteiger partial charge in [0.25, 0.3) is 10.0 Å². The van der Waals surface area contributed by atoms with Crippen molar-refractivity contribution in [2.45, 2.75) is 24.2 Å². The van der Waals surface area contributed by atoms with Crippen LogP contribution in [0.5, 0.6) is 0 Å². The van der Waals surface area contributed by atoms with Crippen molar-refractivity contribution in [3.8, 4) is 0 Å². The number of carboxylic acid groups (broad SMARTS) is 1. The van der Waals surface area contributed by atoms with E-state index in [9.17, 15) is 22.7 Å². The molecular formula is C22H24FN3O4S. The molecule has 1 aromatic heterocycles. The third-order valence-electron chi connectivity index (χ3n) is 5.97. The number of aryl methyl sites for hydroxylation is 1. The van der Waals surface area contributed by atoms with E-state index in [0.717, 1.165) is 28.6 Å². The molecular weight excluding hydrogens is 421 g/mol. The number of rotatable bonds is 4. The van der Waals surface area contributed by atoms with Gasteiger partial charge in [0.15, 0.2) is 0 Å². The quantitative estimate of drug-likeness (QED) is 0.629. The van der Waals surface area contributed by atoms with Crippen LogP contribution in [0.25, 0.3) is 10.9 Å². The molecule has 7 nitrogen and oxygen atoms in total. The molecule has 1 saturated heterocycles. The Labute approximate surface area is 180 Å². The molecule has 0 saturated carbocycles. The Hall–Kier alpha value is -3.07. The first-order valence-corrected chi connectivity index (χ1v) is 11.5. The van der Waals surface area contributed by atoms with Crippen molar-refractivity contribution in [2.24, 2.45) is 13.0 Å². The highest BCUT2D eigenvalue weighted by Gasteiger charge is 2.31. The Morgan fingerprint density at radius 1 is 1.19 bits per heavy atom. The lowest BCUT2D eigenvalue weighted by molar-refractivity contribution is 0.116. The Morgan fingerprint density at radius 2 is 1.90 bits per heavy atom. The van der Waals surface area contributed by atoms with Crippen molar-refractivity contribution < 1.29 is 22.7 Å². The molecule has 0 radical (unpaired) electrons. The summed E-state index contributed by atoms with van der Waals surface area (Å²) in [4.78, 5) is 12.7. The van der Waals surface area contributed by atoms with Crippen LogP contribution in [0.2, 0.25) is 0 Å². The Kier molecular flexibility index (Phi) is 5.38. The maximum absolute atomic E-state index is 13.1. The molecule has 1 aliphatic rings. The zero-order chi connectivity index (χ0) is 22.3. The second-order valence-electron chi connectivity index (χ2n) is 8.09. The number of hydrogen-bond acceptors (Lipinski definition) is 3. The topological polar surface area (TPSA) is 91.6 Å². The number of nitrogens with zero attached hydrogens (tertiary/aromatic N) is 2. The second kappa shape index (κ2) is 7.88. The van der Waals surface area contributed by atoms with Crippen LogP contribution in [-0.4, -0.2) is 42.2 Å². The van der Waals surface area contributed by atoms with Crippen LogP contribution in [0.15, 0.2) is 53.6 Å². The minimum atomic E-state index is -3.85. The van der Waals surface area contributed by atoms with E-state index in [-0.39, 0.29) is 16.7 Å². The number of carbonyl (C=O) groups is 1. The summed E-state index contributed by atoms with van der Waals surface area (Å²) in [5, 5.41) is 10.2. The summed E-state index contributed by atoms with van der Waals surface area (Å²) in [7, 11) is -1.92. The fourth-order valence-electron chi connectivity index (χ4n) is 4.39. The molecule has 0 spiro atoms. The van der Waals surface area contributed by atoms with Gasteiger partial charge < -0.3 is 14.6 Å². The molecule has 2 heterocycles. The van der Waals surface area contributed by atoms with Crippen LogP contribution < -0.4 is 4.72 Å². The zero-order valence-corrected chi connectivity index (χ0v) is 18.1. The first kappa shape index (κ1) is 21.2. The van der Waals surface area contributed by atoms with Gasteiger partial charge in [-0.2, -0.15) is 0 Å². The maximum Gasteiger partial charge on any atom is 0.407 e. The molecule has 2 atom stereocenters. The predicted molar refractivity (Wildman–Crippen MR) is 116 cm³/mol. The molecule has 1 amide bonds. The SMILES string of the molecule is C[C@@H]1CN(C(=O)O)CC[C@@H]1c1cn(C)c2ccc(NS(=O)(=O)c3ccc(F)cc3)cc12. The van der Waals surface area contributed by atoms with Crippen molar-refractivity contribution in [1.29, 1.82) is 0 Å². The van der Waals surface area contributed by atoms with Crippen LogP contribution in [0.4, 0.5) is 14.9 Å². The average molecular weight is 446 g/mol. The molecule has 3 aromatic rings. The number of aromatic nitrogens is 1. The monoisotopic (exact) mass is 445 g/mol. The number of halogens is 1. The van der Waals surface area contributed by atoms with Gasteiger partial charge in [0.1, 0.15) is 5.82 Å². The molecule has 31 heavy (non-hydrogen) atoms. The van der Waals surface area contributed by atoms with Gasteiger partial charge in [-0.3, -0.25) is 4.72 Å². The summed E-state index contributed by atoms with van der Waals surface area (Å²) >= 11 is 0. The number of piperidine rings is 1. The summed E-state index contributed by atoms with van der Waals surface area (Å²) in [6, 6.07) is 10.0. The van der Waals surface area contributed by atoms with Crippen molar-refractivity contribution in [1.82, 2.24) is 9.47 Å². The van der Waals surface area contributed by atoms with E-state index >= 15 is 0 Å². The molecule has 1 aliphatic heterocycles. The Morgan fingerprint density at radius 3 is 2.55 bits per heavy atom. The summed E-state index contributed by atoms with van der Waals surface area (Å²) in [6.45, 7) is 2.98. The lowest BCUT2D eigenvalue weighted by Gasteiger charge is -2.35. The minimum absolute atomic E-state index is 0.0167. The standard InChI is InChI=1S/C22H24FN3O4S/c1-14-12-26(22(27)28)10-9-18(14)20-13-25(2)21-8-5-16(11-19(20)21)24-31(29,30)17-6-3-15(23)4-7-17/h3-8,11,13-14,18,24H,9-10,12H2,1-2H3,(H,27,28)/t14-,18+/m1/s1. The third-order valence-corrected chi connectivity index (χ3v) is 7.37. The van der Waals surface area contributed by atoms with Gasteiger partial charge in [-0.15, -0.1) is 0 Å². The molecule has 9 heteroatoms. The number of fused-ring (bicyclic) bond motifs is 1. The van der Waals surface area contributed by atoms with E-state index < -0.39 is 21.9 Å². The zero-order valence-electron chi connectivity index (χ0n) is 17.2. The summed E-state index contributed by atoms with van der Waals surface area (Å²) in [6.07, 6.45) is 1.85. The third kappa shape index (κ3) is 4.10. The normalized spacial score (nSPS) is 19.5. The fourth-order valence-corrected chi connectivity index (χ4v) is 5.44. The number of likely N-dealkylation sites (tertiary alicyclic amines) is 1. The average Bonchev–Trinajstić information content (AvgIpc) is 3.03. The van der Waals surface area contributed by atoms with E-state index in [0.29, 0.717) is 25.2 Å². The van der Waals surface area contributed by atoms with E-state index in [1.165, 1.54) is 17.0 Å². The van der Waals surface area contributed by atoms with Crippen LogP contribution in [-0.2, 0) is 17.1 Å². The Balaban J connectivity index is 1.66. The largest absolute Gasteiger partial charge is 0.465 e. The number of sulfonamides is 1. The van der Waals surface area contributed by atoms with Crippen LogP contribution in [0, 0.1) is 11.7 Å². The highest BCUT2D eigenvalue weighted by molar-refractivity contribution is 7.92. The molecule has 0 unspecified atom stereocenters. The van der Waals surface area contributed by atoms with Crippen molar-refractivity contribution in [3.05, 3.63) is 60.0 Å². The smallest absolute Gasteiger partial charge is 0.407 e. The minimum Gasteiger partial charge on any atom is -0.465 e. The number of benzene rings is 2. The van der Waals surface area contributed by atoms with Crippen LogP contribution >= 0.6 is 0 Å². The highest BCUT2D eigenvalue weighted by Crippen LogP contribution is 2.38. The van der Waals surface area contributed by atoms with E-state index in [2.05, 4.69) is 4.72 Å². The highest BCUT2D eigenvalue weighted by atomic mass is 32.2. The molecule has 2 aromatic carbocycles. The summed E-state index contributed by atoms with van der Waals surface area (Å²) in [5.74, 6) is -0.198. The number of nitrogens with one attached hydrogen (secondary N) is 1. The first-order valence-electron chi connectivity index (χ1n) is 10.0. The maximum atomic E-state index is 13.1. The fraction of sp³-hybridized carbons (Fsp3) is 0.318. The molecule has 2 N–H and O–H groups in total. The van der Waals surface area contributed by atoms with Gasteiger partial charge >= 0.3 is 6.09 Å². The van der Waals surface area contributed by atoms with E-state index in [1.807, 2.05) is 36.9 Å². The van der Waals surface area contributed by atoms with Crippen molar-refractivity contribution >= 4 is 32.7 Å². The van der Waals surface area contributed by atoms with E-state index in [4.69, 9.17) is 0 Å². The van der Waals surface area contributed by atoms with Gasteiger partial charge in [0.05, 0.1) is 4.90 Å². The lowest BCUT2D eigenvalue weighted by Crippen LogP contribution is -2.41. The molecule has 0 aliphatic carbocycles. The van der Waals surface area contributed by atoms with Crippen LogP contribution in [0.3, 0.4) is 0 Å². The number of hydrogen-bond donors (Lipinski definition) is 2. The number of amides is 1. The van der Waals surface area contributed by atoms with Crippen LogP contribution in [0.1, 0.15) is 24.8 Å². The Bertz CT molecular complexity index is 1240. The predicted octanol–water partition coefficient (Wildman–Crippen LogP) is 4.22. The van der Waals surface area contributed by atoms with Gasteiger partial charge in [0.2, 0.25) is 0 Å². The second-order valence-corrected chi connectivity index (χ2v) is 9.77. The van der Waals surface area contributed by atoms with Crippen molar-refractivity contribution in [3.63, 3.8) is 0 Å². The van der Waals surface area contributed by atoms with Gasteiger partial charge in [-0.25, -0.2) is 17.6 Å².